The molecule has 4 heteroatoms. The minimum Gasteiger partial charge on any atom is -0.291 e. The Balaban J connectivity index is 2.39. The van der Waals surface area contributed by atoms with Gasteiger partial charge < -0.3 is 0 Å². The van der Waals surface area contributed by atoms with Crippen LogP contribution in [0.5, 0.6) is 0 Å². The molecule has 0 unspecified atom stereocenters. The van der Waals surface area contributed by atoms with Crippen LogP contribution in [-0.2, 0) is 6.54 Å². The predicted molar refractivity (Wildman–Crippen MR) is 71.2 cm³/mol. The second kappa shape index (κ2) is 4.84. The van der Waals surface area contributed by atoms with E-state index >= 15 is 0 Å². The molecule has 0 saturated carbocycles. The second-order valence-electron chi connectivity index (χ2n) is 4.03. The third kappa shape index (κ3) is 2.64. The summed E-state index contributed by atoms with van der Waals surface area (Å²) >= 11 is 3.21. The average molecular weight is 293 g/mol. The molecule has 0 aliphatic rings. The van der Waals surface area contributed by atoms with Gasteiger partial charge in [-0.1, -0.05) is 29.8 Å². The minimum absolute atomic E-state index is 0.0434. The van der Waals surface area contributed by atoms with E-state index in [2.05, 4.69) is 20.9 Å². The minimum atomic E-state index is -0.0434. The summed E-state index contributed by atoms with van der Waals surface area (Å²) in [5.41, 5.74) is 2.27. The van der Waals surface area contributed by atoms with E-state index in [1.807, 2.05) is 38.1 Å². The Bertz CT molecular complexity index is 587. The molecule has 0 radical (unpaired) electrons. The Morgan fingerprint density at radius 2 is 1.88 bits per heavy atom. The molecular weight excluding hydrogens is 280 g/mol. The quantitative estimate of drug-likeness (QED) is 0.853. The summed E-state index contributed by atoms with van der Waals surface area (Å²) in [6.45, 7) is 4.43. The first kappa shape index (κ1) is 12.0. The molecule has 0 fully saturated rings. The maximum absolute atomic E-state index is 11.9. The van der Waals surface area contributed by atoms with Gasteiger partial charge in [0.1, 0.15) is 10.3 Å². The van der Waals surface area contributed by atoms with Crippen LogP contribution >= 0.6 is 15.9 Å². The van der Waals surface area contributed by atoms with Crippen molar-refractivity contribution in [1.29, 1.82) is 0 Å². The van der Waals surface area contributed by atoms with Crippen LogP contribution in [0, 0.1) is 13.8 Å². The predicted octanol–water partition coefficient (Wildman–Crippen LogP) is 2.67. The zero-order valence-electron chi connectivity index (χ0n) is 9.77. The van der Waals surface area contributed by atoms with Crippen molar-refractivity contribution in [1.82, 2.24) is 9.55 Å². The molecule has 0 aliphatic heterocycles. The van der Waals surface area contributed by atoms with Gasteiger partial charge in [-0.25, -0.2) is 4.98 Å². The van der Waals surface area contributed by atoms with Crippen LogP contribution in [0.3, 0.4) is 0 Å². The summed E-state index contributed by atoms with van der Waals surface area (Å²) in [7, 11) is 0. The highest BCUT2D eigenvalue weighted by Gasteiger charge is 2.05. The van der Waals surface area contributed by atoms with Gasteiger partial charge in [-0.15, -0.1) is 0 Å². The fourth-order valence-corrected chi connectivity index (χ4v) is 1.93. The number of halogens is 1. The van der Waals surface area contributed by atoms with Crippen LogP contribution in [0.2, 0.25) is 0 Å². The van der Waals surface area contributed by atoms with E-state index < -0.39 is 0 Å². The lowest BCUT2D eigenvalue weighted by atomic mass is 10.1. The maximum atomic E-state index is 11.9. The normalized spacial score (nSPS) is 10.5. The molecule has 0 N–H and O–H groups in total. The Labute approximate surface area is 108 Å². The smallest absolute Gasteiger partial charge is 0.268 e. The van der Waals surface area contributed by atoms with E-state index in [-0.39, 0.29) is 5.56 Å². The Hall–Kier alpha value is -1.42. The van der Waals surface area contributed by atoms with Crippen molar-refractivity contribution >= 4 is 15.9 Å². The van der Waals surface area contributed by atoms with E-state index in [0.717, 1.165) is 11.4 Å². The van der Waals surface area contributed by atoms with Gasteiger partial charge >= 0.3 is 0 Å². The number of hydrogen-bond donors (Lipinski definition) is 0. The Morgan fingerprint density at radius 1 is 1.24 bits per heavy atom. The number of aryl methyl sites for hydroxylation is 2. The largest absolute Gasteiger partial charge is 0.291 e. The van der Waals surface area contributed by atoms with Crippen molar-refractivity contribution in [2.24, 2.45) is 0 Å². The van der Waals surface area contributed by atoms with Crippen molar-refractivity contribution in [3.63, 3.8) is 0 Å². The number of hydrogen-bond acceptors (Lipinski definition) is 2. The number of rotatable bonds is 2. The molecule has 1 aromatic carbocycles. The Kier molecular flexibility index (Phi) is 3.43. The number of benzene rings is 1. The first-order valence-electron chi connectivity index (χ1n) is 5.35. The molecule has 3 nitrogen and oxygen atoms in total. The molecule has 17 heavy (non-hydrogen) atoms. The standard InChI is InChI=1S/C13H13BrN2O/c1-9-3-5-11(6-4-9)8-16-10(2)15-7-12(14)13(16)17/h3-7H,8H2,1-2H3. The lowest BCUT2D eigenvalue weighted by Crippen LogP contribution is -2.24. The SMILES string of the molecule is Cc1ccc(Cn2c(C)ncc(Br)c2=O)cc1. The van der Waals surface area contributed by atoms with E-state index in [1.54, 1.807) is 10.8 Å². The van der Waals surface area contributed by atoms with Crippen molar-refractivity contribution < 1.29 is 0 Å². The van der Waals surface area contributed by atoms with Crippen LogP contribution in [-0.4, -0.2) is 9.55 Å². The van der Waals surface area contributed by atoms with Gasteiger partial charge in [-0.3, -0.25) is 9.36 Å². The van der Waals surface area contributed by atoms with Gasteiger partial charge in [0, 0.05) is 6.20 Å². The topological polar surface area (TPSA) is 34.9 Å². The fourth-order valence-electron chi connectivity index (χ4n) is 1.61. The molecule has 0 saturated heterocycles. The van der Waals surface area contributed by atoms with Gasteiger partial charge in [0.05, 0.1) is 6.54 Å². The molecule has 0 spiro atoms. The van der Waals surface area contributed by atoms with Crippen molar-refractivity contribution in [3.05, 3.63) is 62.2 Å². The third-order valence-corrected chi connectivity index (χ3v) is 3.21. The lowest BCUT2D eigenvalue weighted by molar-refractivity contribution is 0.695. The summed E-state index contributed by atoms with van der Waals surface area (Å²) in [6, 6.07) is 8.15. The summed E-state index contributed by atoms with van der Waals surface area (Å²) in [5, 5.41) is 0. The molecule has 0 atom stereocenters. The van der Waals surface area contributed by atoms with Gasteiger partial charge in [0.2, 0.25) is 0 Å². The van der Waals surface area contributed by atoms with Crippen molar-refractivity contribution in [2.45, 2.75) is 20.4 Å². The molecule has 0 bridgehead atoms. The highest BCUT2D eigenvalue weighted by Crippen LogP contribution is 2.07. The van der Waals surface area contributed by atoms with Gasteiger partial charge in [-0.2, -0.15) is 0 Å². The van der Waals surface area contributed by atoms with Gasteiger partial charge in [0.15, 0.2) is 0 Å². The number of aromatic nitrogens is 2. The second-order valence-corrected chi connectivity index (χ2v) is 4.88. The molecule has 1 aromatic heterocycles. The molecular formula is C13H13BrN2O. The molecule has 0 aliphatic carbocycles. The summed E-state index contributed by atoms with van der Waals surface area (Å²) in [6.07, 6.45) is 1.54. The highest BCUT2D eigenvalue weighted by atomic mass is 79.9. The van der Waals surface area contributed by atoms with Crippen LogP contribution in [0.1, 0.15) is 17.0 Å². The van der Waals surface area contributed by atoms with Crippen molar-refractivity contribution in [3.8, 4) is 0 Å². The van der Waals surface area contributed by atoms with Crippen LogP contribution in [0.15, 0.2) is 39.7 Å². The molecule has 0 amide bonds. The first-order chi connectivity index (χ1) is 8.08. The maximum Gasteiger partial charge on any atom is 0.268 e. The highest BCUT2D eigenvalue weighted by molar-refractivity contribution is 9.10. The summed E-state index contributed by atoms with van der Waals surface area (Å²) in [5.74, 6) is 0.721. The van der Waals surface area contributed by atoms with Crippen molar-refractivity contribution in [2.75, 3.05) is 0 Å². The lowest BCUT2D eigenvalue weighted by Gasteiger charge is -2.09. The van der Waals surface area contributed by atoms with Crippen LogP contribution in [0.25, 0.3) is 0 Å². The molecule has 1 heterocycles. The van der Waals surface area contributed by atoms with E-state index in [9.17, 15) is 4.79 Å². The monoisotopic (exact) mass is 292 g/mol. The van der Waals surface area contributed by atoms with Crippen LogP contribution < -0.4 is 5.56 Å². The molecule has 88 valence electrons. The Morgan fingerprint density at radius 3 is 2.53 bits per heavy atom. The fraction of sp³-hybridized carbons (Fsp3) is 0.231. The molecule has 2 rings (SSSR count). The zero-order valence-corrected chi connectivity index (χ0v) is 11.4. The van der Waals surface area contributed by atoms with E-state index in [4.69, 9.17) is 0 Å². The first-order valence-corrected chi connectivity index (χ1v) is 6.14. The van der Waals surface area contributed by atoms with E-state index in [0.29, 0.717) is 11.0 Å². The average Bonchev–Trinajstić information content (AvgIpc) is 2.32. The molecule has 2 aromatic rings. The number of nitrogens with zero attached hydrogens (tertiary/aromatic N) is 2. The summed E-state index contributed by atoms with van der Waals surface area (Å²) in [4.78, 5) is 16.1. The zero-order chi connectivity index (χ0) is 12.4. The summed E-state index contributed by atoms with van der Waals surface area (Å²) < 4.78 is 2.16. The van der Waals surface area contributed by atoms with E-state index in [1.165, 1.54) is 5.56 Å². The van der Waals surface area contributed by atoms with Crippen LogP contribution in [0.4, 0.5) is 0 Å². The third-order valence-electron chi connectivity index (χ3n) is 2.67. The van der Waals surface area contributed by atoms with Gasteiger partial charge in [0.25, 0.3) is 5.56 Å². The van der Waals surface area contributed by atoms with Gasteiger partial charge in [-0.05, 0) is 35.3 Å².